The molecule has 0 atom stereocenters. The Bertz CT molecular complexity index is 818. The molecule has 0 amide bonds. The highest BCUT2D eigenvalue weighted by atomic mass is 16.5. The quantitative estimate of drug-likeness (QED) is 0.445. The van der Waals surface area contributed by atoms with Crippen LogP contribution in [0.25, 0.3) is 0 Å². The van der Waals surface area contributed by atoms with Gasteiger partial charge in [0.2, 0.25) is 0 Å². The largest absolute Gasteiger partial charge is 0.451 e. The van der Waals surface area contributed by atoms with E-state index in [1.165, 1.54) is 4.57 Å². The van der Waals surface area contributed by atoms with Crippen molar-refractivity contribution in [2.24, 2.45) is 12.0 Å². The number of rotatable bonds is 6. The van der Waals surface area contributed by atoms with Gasteiger partial charge in [-0.3, -0.25) is 19.2 Å². The fourth-order valence-electron chi connectivity index (χ4n) is 2.56. The van der Waals surface area contributed by atoms with Crippen LogP contribution in [0, 0.1) is 23.8 Å². The van der Waals surface area contributed by atoms with Crippen LogP contribution in [-0.2, 0) is 7.05 Å². The molecule has 0 radical (unpaired) electrons. The van der Waals surface area contributed by atoms with Crippen LogP contribution < -0.4 is 20.5 Å². The SMILES string of the molecule is C=Nc1nc(OCC#CC)n(C)c(=O)c1N(C#CC)CN1CCNCC1. The first-order valence-electron chi connectivity index (χ1n) is 8.35. The van der Waals surface area contributed by atoms with Gasteiger partial charge < -0.3 is 10.1 Å². The molecule has 0 aliphatic carbocycles. The maximum atomic E-state index is 12.9. The zero-order valence-electron chi connectivity index (χ0n) is 15.5. The highest BCUT2D eigenvalue weighted by Crippen LogP contribution is 2.24. The van der Waals surface area contributed by atoms with Gasteiger partial charge >= 0.3 is 6.01 Å². The third-order valence-electron chi connectivity index (χ3n) is 3.88. The standard InChI is InChI=1S/C18H24N6O2/c1-5-7-13-26-18-21-16(19-3)15(17(25)22(18)4)24(10-6-2)14-23-11-8-20-9-12-23/h20H,3,8-9,11-14H2,1-2,4H3. The normalized spacial score (nSPS) is 13.8. The predicted molar refractivity (Wildman–Crippen MR) is 103 cm³/mol. The van der Waals surface area contributed by atoms with Crippen molar-refractivity contribution in [2.45, 2.75) is 13.8 Å². The summed E-state index contributed by atoms with van der Waals surface area (Å²) in [6, 6.07) is 3.13. The van der Waals surface area contributed by atoms with Crippen molar-refractivity contribution < 1.29 is 4.74 Å². The molecule has 0 spiro atoms. The summed E-state index contributed by atoms with van der Waals surface area (Å²) in [5.74, 6) is 8.56. The number of hydrogen-bond donors (Lipinski definition) is 1. The molecule has 1 fully saturated rings. The number of ether oxygens (including phenoxy) is 1. The lowest BCUT2D eigenvalue weighted by Gasteiger charge is -2.31. The van der Waals surface area contributed by atoms with E-state index in [-0.39, 0.29) is 24.0 Å². The second kappa shape index (κ2) is 9.62. The lowest BCUT2D eigenvalue weighted by atomic mass is 10.3. The van der Waals surface area contributed by atoms with E-state index in [4.69, 9.17) is 4.74 Å². The van der Waals surface area contributed by atoms with E-state index in [1.807, 2.05) is 0 Å². The smallest absolute Gasteiger partial charge is 0.302 e. The van der Waals surface area contributed by atoms with Crippen LogP contribution in [0.1, 0.15) is 13.8 Å². The van der Waals surface area contributed by atoms with E-state index in [0.29, 0.717) is 12.4 Å². The summed E-state index contributed by atoms with van der Waals surface area (Å²) in [6.45, 7) is 11.2. The average molecular weight is 356 g/mol. The molecular weight excluding hydrogens is 332 g/mol. The third-order valence-corrected chi connectivity index (χ3v) is 3.88. The highest BCUT2D eigenvalue weighted by Gasteiger charge is 2.22. The van der Waals surface area contributed by atoms with Crippen LogP contribution in [-0.4, -0.2) is 60.6 Å². The van der Waals surface area contributed by atoms with Gasteiger partial charge in [-0.05, 0) is 20.6 Å². The Balaban J connectivity index is 2.40. The van der Waals surface area contributed by atoms with E-state index in [9.17, 15) is 4.79 Å². The Morgan fingerprint density at radius 3 is 2.69 bits per heavy atom. The number of anilines is 1. The van der Waals surface area contributed by atoms with E-state index < -0.39 is 0 Å². The Hall–Kier alpha value is -2.81. The number of nitrogens with zero attached hydrogens (tertiary/aromatic N) is 5. The number of aromatic nitrogens is 2. The molecule has 26 heavy (non-hydrogen) atoms. The molecule has 1 aromatic heterocycles. The van der Waals surface area contributed by atoms with Crippen LogP contribution in [0.3, 0.4) is 0 Å². The molecule has 8 heteroatoms. The van der Waals surface area contributed by atoms with Gasteiger partial charge in [-0.1, -0.05) is 11.8 Å². The Kier molecular flexibility index (Phi) is 7.22. The second-order valence-corrected chi connectivity index (χ2v) is 5.60. The lowest BCUT2D eigenvalue weighted by Crippen LogP contribution is -2.48. The van der Waals surface area contributed by atoms with E-state index >= 15 is 0 Å². The Morgan fingerprint density at radius 1 is 1.35 bits per heavy atom. The van der Waals surface area contributed by atoms with Crippen LogP contribution in [0.5, 0.6) is 6.01 Å². The maximum Gasteiger partial charge on any atom is 0.302 e. The van der Waals surface area contributed by atoms with E-state index in [0.717, 1.165) is 26.2 Å². The van der Waals surface area contributed by atoms with Crippen molar-refractivity contribution in [3.63, 3.8) is 0 Å². The van der Waals surface area contributed by atoms with Gasteiger partial charge in [-0.25, -0.2) is 4.99 Å². The zero-order chi connectivity index (χ0) is 18.9. The van der Waals surface area contributed by atoms with Crippen molar-refractivity contribution in [1.29, 1.82) is 0 Å². The summed E-state index contributed by atoms with van der Waals surface area (Å²) >= 11 is 0. The minimum Gasteiger partial charge on any atom is -0.451 e. The van der Waals surface area contributed by atoms with Gasteiger partial charge in [-0.15, -0.1) is 5.92 Å². The van der Waals surface area contributed by atoms with Crippen molar-refractivity contribution in [1.82, 2.24) is 19.8 Å². The molecule has 1 aliphatic heterocycles. The van der Waals surface area contributed by atoms with Crippen LogP contribution in [0.15, 0.2) is 9.79 Å². The van der Waals surface area contributed by atoms with Crippen LogP contribution in [0.4, 0.5) is 11.5 Å². The van der Waals surface area contributed by atoms with Gasteiger partial charge in [0.05, 0.1) is 6.67 Å². The summed E-state index contributed by atoms with van der Waals surface area (Å²) in [5, 5.41) is 3.30. The van der Waals surface area contributed by atoms with Crippen LogP contribution >= 0.6 is 0 Å². The molecule has 138 valence electrons. The lowest BCUT2D eigenvalue weighted by molar-refractivity contribution is 0.246. The monoisotopic (exact) mass is 356 g/mol. The third kappa shape index (κ3) is 4.63. The Morgan fingerprint density at radius 2 is 2.08 bits per heavy atom. The molecule has 1 N–H and O–H groups in total. The summed E-state index contributed by atoms with van der Waals surface area (Å²) < 4.78 is 6.80. The molecule has 8 nitrogen and oxygen atoms in total. The molecule has 0 bridgehead atoms. The average Bonchev–Trinajstić information content (AvgIpc) is 2.65. The summed E-state index contributed by atoms with van der Waals surface area (Å²) in [6.07, 6.45) is 0. The maximum absolute atomic E-state index is 12.9. The van der Waals surface area contributed by atoms with Crippen molar-refractivity contribution in [3.8, 4) is 29.8 Å². The first-order chi connectivity index (χ1) is 12.6. The number of piperazine rings is 1. The molecule has 0 aromatic carbocycles. The van der Waals surface area contributed by atoms with Gasteiger partial charge in [0.25, 0.3) is 5.56 Å². The van der Waals surface area contributed by atoms with Gasteiger partial charge in [-0.2, -0.15) is 4.98 Å². The first-order valence-corrected chi connectivity index (χ1v) is 8.35. The summed E-state index contributed by atoms with van der Waals surface area (Å²) in [5.41, 5.74) is 0.00375. The molecule has 1 aromatic rings. The number of nitrogens with one attached hydrogen (secondary N) is 1. The molecule has 2 heterocycles. The Labute approximate surface area is 153 Å². The highest BCUT2D eigenvalue weighted by molar-refractivity contribution is 5.67. The molecule has 1 aliphatic rings. The number of hydrogen-bond acceptors (Lipinski definition) is 7. The van der Waals surface area contributed by atoms with E-state index in [2.05, 4.69) is 50.7 Å². The van der Waals surface area contributed by atoms with Crippen molar-refractivity contribution >= 4 is 18.2 Å². The number of aliphatic imine (C=N–C) groups is 1. The molecule has 1 saturated heterocycles. The topological polar surface area (TPSA) is 75.0 Å². The minimum absolute atomic E-state index is 0.145. The van der Waals surface area contributed by atoms with Crippen molar-refractivity contribution in [2.75, 3.05) is 44.4 Å². The van der Waals surface area contributed by atoms with Crippen LogP contribution in [0.2, 0.25) is 0 Å². The molecule has 0 saturated carbocycles. The van der Waals surface area contributed by atoms with Gasteiger partial charge in [0.1, 0.15) is 0 Å². The first kappa shape index (κ1) is 19.5. The van der Waals surface area contributed by atoms with Gasteiger partial charge in [0.15, 0.2) is 18.1 Å². The minimum atomic E-state index is -0.292. The van der Waals surface area contributed by atoms with E-state index in [1.54, 1.807) is 25.8 Å². The molecular formula is C18H24N6O2. The fourth-order valence-corrected chi connectivity index (χ4v) is 2.56. The van der Waals surface area contributed by atoms with Gasteiger partial charge in [0, 0.05) is 39.3 Å². The summed E-state index contributed by atoms with van der Waals surface area (Å²) in [4.78, 5) is 25.1. The zero-order valence-corrected chi connectivity index (χ0v) is 15.5. The predicted octanol–water partition coefficient (Wildman–Crippen LogP) is 0.164. The molecule has 0 unspecified atom stereocenters. The molecule has 2 rings (SSSR count). The van der Waals surface area contributed by atoms with Crippen molar-refractivity contribution in [3.05, 3.63) is 10.4 Å². The second-order valence-electron chi connectivity index (χ2n) is 5.60. The summed E-state index contributed by atoms with van der Waals surface area (Å²) in [7, 11) is 1.60. The fraction of sp³-hybridized carbons (Fsp3) is 0.500.